The molecule has 7 heteroatoms. The number of Topliss-reactive ketones (excluding diaryl/α,β-unsaturated/α-hetero) is 1. The molecule has 0 saturated carbocycles. The second-order valence-electron chi connectivity index (χ2n) is 6.37. The summed E-state index contributed by atoms with van der Waals surface area (Å²) in [5.41, 5.74) is 2.91. The molecule has 0 aliphatic carbocycles. The number of nitrogens with zero attached hydrogens (tertiary/aromatic N) is 2. The van der Waals surface area contributed by atoms with Crippen molar-refractivity contribution >= 4 is 23.4 Å². The number of aromatic nitrogens is 2. The minimum absolute atomic E-state index is 0.167. The number of aryl methyl sites for hydroxylation is 1. The van der Waals surface area contributed by atoms with Gasteiger partial charge in [0.25, 0.3) is 0 Å². The Morgan fingerprint density at radius 3 is 2.57 bits per heavy atom. The summed E-state index contributed by atoms with van der Waals surface area (Å²) in [6, 6.07) is 13.7. The SMILES string of the molecule is Cc1cc(C(=O)COC(=O)c2cccc[n+]2[O-])c(C)n1Cc1ccccc1Cl. The molecule has 3 aromatic rings. The van der Waals surface area contributed by atoms with Crippen molar-refractivity contribution in [2.45, 2.75) is 20.4 Å². The minimum atomic E-state index is -0.839. The molecule has 2 heterocycles. The van der Waals surface area contributed by atoms with Gasteiger partial charge in [0.1, 0.15) is 0 Å². The predicted octanol–water partition coefficient (Wildman–Crippen LogP) is 3.48. The highest BCUT2D eigenvalue weighted by molar-refractivity contribution is 6.31. The van der Waals surface area contributed by atoms with Gasteiger partial charge >= 0.3 is 11.7 Å². The van der Waals surface area contributed by atoms with E-state index in [0.717, 1.165) is 17.0 Å². The Kier molecular flexibility index (Phi) is 5.80. The number of carbonyl (C=O) groups excluding carboxylic acids is 2. The second kappa shape index (κ2) is 8.27. The monoisotopic (exact) mass is 398 g/mol. The zero-order chi connectivity index (χ0) is 20.3. The van der Waals surface area contributed by atoms with Crippen LogP contribution in [-0.2, 0) is 11.3 Å². The molecule has 0 saturated heterocycles. The van der Waals surface area contributed by atoms with E-state index in [0.29, 0.717) is 21.9 Å². The highest BCUT2D eigenvalue weighted by atomic mass is 35.5. The molecule has 0 spiro atoms. The van der Waals surface area contributed by atoms with E-state index in [1.807, 2.05) is 42.7 Å². The fourth-order valence-electron chi connectivity index (χ4n) is 2.99. The van der Waals surface area contributed by atoms with Crippen LogP contribution in [0.3, 0.4) is 0 Å². The van der Waals surface area contributed by atoms with E-state index in [2.05, 4.69) is 0 Å². The highest BCUT2D eigenvalue weighted by Gasteiger charge is 2.21. The standard InChI is InChI=1S/C21H19ClN2O4/c1-14-11-17(15(2)23(14)12-16-7-3-4-8-18(16)22)20(25)13-28-21(26)19-9-5-6-10-24(19)27/h3-11H,12-13H2,1-2H3. The number of esters is 1. The molecule has 0 amide bonds. The van der Waals surface area contributed by atoms with Crippen molar-refractivity contribution in [2.24, 2.45) is 0 Å². The third-order valence-corrected chi connectivity index (χ3v) is 4.90. The zero-order valence-corrected chi connectivity index (χ0v) is 16.3. The molecule has 1 aromatic carbocycles. The Labute approximate surface area is 167 Å². The topological polar surface area (TPSA) is 75.2 Å². The summed E-state index contributed by atoms with van der Waals surface area (Å²) in [5, 5.41) is 12.3. The Hall–Kier alpha value is -3.12. The lowest BCUT2D eigenvalue weighted by Gasteiger charge is -2.11. The fourth-order valence-corrected chi connectivity index (χ4v) is 3.19. The van der Waals surface area contributed by atoms with Gasteiger partial charge in [-0.25, -0.2) is 4.79 Å². The zero-order valence-electron chi connectivity index (χ0n) is 15.5. The number of rotatable bonds is 6. The molecule has 0 N–H and O–H groups in total. The number of hydrogen-bond donors (Lipinski definition) is 0. The Morgan fingerprint density at radius 2 is 1.86 bits per heavy atom. The number of hydrogen-bond acceptors (Lipinski definition) is 4. The van der Waals surface area contributed by atoms with Crippen LogP contribution < -0.4 is 4.73 Å². The molecular formula is C21H19ClN2O4. The predicted molar refractivity (Wildman–Crippen MR) is 104 cm³/mol. The van der Waals surface area contributed by atoms with Gasteiger partial charge in [0.2, 0.25) is 5.78 Å². The fraction of sp³-hybridized carbons (Fsp3) is 0.190. The molecule has 0 aliphatic rings. The molecule has 2 aromatic heterocycles. The summed E-state index contributed by atoms with van der Waals surface area (Å²) in [5.74, 6) is -1.17. The molecule has 144 valence electrons. The molecular weight excluding hydrogens is 380 g/mol. The highest BCUT2D eigenvalue weighted by Crippen LogP contribution is 2.21. The van der Waals surface area contributed by atoms with Crippen molar-refractivity contribution in [2.75, 3.05) is 6.61 Å². The molecule has 0 radical (unpaired) electrons. The summed E-state index contributed by atoms with van der Waals surface area (Å²) in [7, 11) is 0. The van der Waals surface area contributed by atoms with Crippen molar-refractivity contribution in [3.05, 3.63) is 93.2 Å². The minimum Gasteiger partial charge on any atom is -0.618 e. The van der Waals surface area contributed by atoms with Crippen molar-refractivity contribution in [1.29, 1.82) is 0 Å². The first-order chi connectivity index (χ1) is 13.4. The maximum atomic E-state index is 12.6. The third-order valence-electron chi connectivity index (χ3n) is 4.53. The van der Waals surface area contributed by atoms with E-state index >= 15 is 0 Å². The Bertz CT molecular complexity index is 1040. The first-order valence-corrected chi connectivity index (χ1v) is 9.05. The van der Waals surface area contributed by atoms with Gasteiger partial charge in [0.05, 0.1) is 0 Å². The summed E-state index contributed by atoms with van der Waals surface area (Å²) in [6.45, 7) is 3.83. The lowest BCUT2D eigenvalue weighted by atomic mass is 10.1. The Morgan fingerprint density at radius 1 is 1.14 bits per heavy atom. The van der Waals surface area contributed by atoms with E-state index < -0.39 is 12.6 Å². The molecule has 0 aliphatic heterocycles. The number of halogens is 1. The van der Waals surface area contributed by atoms with Crippen molar-refractivity contribution in [1.82, 2.24) is 4.57 Å². The van der Waals surface area contributed by atoms with Crippen LogP contribution in [0.5, 0.6) is 0 Å². The molecule has 0 atom stereocenters. The van der Waals surface area contributed by atoms with Gasteiger partial charge in [-0.2, -0.15) is 4.73 Å². The van der Waals surface area contributed by atoms with Gasteiger partial charge in [-0.05, 0) is 37.6 Å². The average Bonchev–Trinajstić information content (AvgIpc) is 2.96. The van der Waals surface area contributed by atoms with E-state index in [1.165, 1.54) is 18.3 Å². The molecule has 0 unspecified atom stereocenters. The average molecular weight is 399 g/mol. The molecule has 0 bridgehead atoms. The van der Waals surface area contributed by atoms with Gasteiger partial charge in [-0.15, -0.1) is 0 Å². The summed E-state index contributed by atoms with van der Waals surface area (Å²) in [4.78, 5) is 24.6. The van der Waals surface area contributed by atoms with Crippen molar-refractivity contribution in [3.8, 4) is 0 Å². The number of carbonyl (C=O) groups is 2. The lowest BCUT2D eigenvalue weighted by molar-refractivity contribution is -0.608. The van der Waals surface area contributed by atoms with Gasteiger partial charge < -0.3 is 14.5 Å². The maximum absolute atomic E-state index is 12.6. The second-order valence-corrected chi connectivity index (χ2v) is 6.78. The quantitative estimate of drug-likeness (QED) is 0.276. The molecule has 6 nitrogen and oxygen atoms in total. The maximum Gasteiger partial charge on any atom is 0.405 e. The van der Waals surface area contributed by atoms with Crippen LogP contribution in [0.1, 0.15) is 37.8 Å². The third kappa shape index (κ3) is 4.07. The van der Waals surface area contributed by atoms with Gasteiger partial charge in [0, 0.05) is 40.7 Å². The van der Waals surface area contributed by atoms with Crippen molar-refractivity contribution in [3.63, 3.8) is 0 Å². The van der Waals surface area contributed by atoms with Crippen LogP contribution in [-0.4, -0.2) is 22.9 Å². The van der Waals surface area contributed by atoms with Crippen LogP contribution in [0.15, 0.2) is 54.7 Å². The number of ether oxygens (including phenoxy) is 1. The largest absolute Gasteiger partial charge is 0.618 e. The smallest absolute Gasteiger partial charge is 0.405 e. The van der Waals surface area contributed by atoms with Crippen molar-refractivity contribution < 1.29 is 19.1 Å². The summed E-state index contributed by atoms with van der Waals surface area (Å²) >= 11 is 6.24. The molecule has 3 rings (SSSR count). The van der Waals surface area contributed by atoms with Gasteiger partial charge in [-0.3, -0.25) is 4.79 Å². The first-order valence-electron chi connectivity index (χ1n) is 8.67. The number of benzene rings is 1. The van der Waals surface area contributed by atoms with Crippen LogP contribution >= 0.6 is 11.6 Å². The van der Waals surface area contributed by atoms with Crippen LogP contribution in [0, 0.1) is 19.1 Å². The summed E-state index contributed by atoms with van der Waals surface area (Å²) in [6.07, 6.45) is 1.20. The first kappa shape index (κ1) is 19.6. The van der Waals surface area contributed by atoms with Gasteiger partial charge in [-0.1, -0.05) is 29.8 Å². The number of ketones is 1. The molecule has 0 fully saturated rings. The van der Waals surface area contributed by atoms with E-state index in [4.69, 9.17) is 16.3 Å². The lowest BCUT2D eigenvalue weighted by Crippen LogP contribution is -2.35. The Balaban J connectivity index is 1.73. The summed E-state index contributed by atoms with van der Waals surface area (Å²) < 4.78 is 7.42. The van der Waals surface area contributed by atoms with Crippen LogP contribution in [0.25, 0.3) is 0 Å². The van der Waals surface area contributed by atoms with E-state index in [-0.39, 0.29) is 11.5 Å². The van der Waals surface area contributed by atoms with Gasteiger partial charge in [0.15, 0.2) is 12.8 Å². The normalized spacial score (nSPS) is 10.7. The number of pyridine rings is 1. The van der Waals surface area contributed by atoms with Crippen LogP contribution in [0.2, 0.25) is 5.02 Å². The van der Waals surface area contributed by atoms with E-state index in [1.54, 1.807) is 12.1 Å². The van der Waals surface area contributed by atoms with Crippen LogP contribution in [0.4, 0.5) is 0 Å². The van der Waals surface area contributed by atoms with E-state index in [9.17, 15) is 14.8 Å². The molecule has 28 heavy (non-hydrogen) atoms.